The summed E-state index contributed by atoms with van der Waals surface area (Å²) in [6.45, 7) is 2.43. The first-order valence-electron chi connectivity index (χ1n) is 5.45. The zero-order valence-corrected chi connectivity index (χ0v) is 8.78. The van der Waals surface area contributed by atoms with Crippen LogP contribution in [0.2, 0.25) is 0 Å². The summed E-state index contributed by atoms with van der Waals surface area (Å²) in [5, 5.41) is 0. The lowest BCUT2D eigenvalue weighted by Crippen LogP contribution is -2.44. The largest absolute Gasteiger partial charge is 0.344 e. The zero-order chi connectivity index (χ0) is 10.1. The quantitative estimate of drug-likeness (QED) is 0.669. The van der Waals surface area contributed by atoms with E-state index in [4.69, 9.17) is 5.73 Å². The molecule has 1 unspecified atom stereocenters. The molecule has 2 fully saturated rings. The van der Waals surface area contributed by atoms with Crippen LogP contribution in [0.4, 0.5) is 0 Å². The molecule has 4 nitrogen and oxygen atoms in total. The van der Waals surface area contributed by atoms with Gasteiger partial charge >= 0.3 is 0 Å². The maximum atomic E-state index is 11.8. The Morgan fingerprint density at radius 3 is 2.64 bits per heavy atom. The molecule has 1 saturated carbocycles. The number of likely N-dealkylation sites (N-methyl/N-ethyl adjacent to an activating group) is 1. The SMILES string of the molecule is CN1CCC(N(CCN)C2CC2)C1=O. The Labute approximate surface area is 85.0 Å². The molecule has 14 heavy (non-hydrogen) atoms. The van der Waals surface area contributed by atoms with E-state index in [0.29, 0.717) is 12.6 Å². The van der Waals surface area contributed by atoms with Crippen molar-refractivity contribution in [2.24, 2.45) is 5.73 Å². The molecule has 2 N–H and O–H groups in total. The third-order valence-corrected chi connectivity index (χ3v) is 3.20. The Balaban J connectivity index is 1.99. The van der Waals surface area contributed by atoms with Crippen LogP contribution >= 0.6 is 0 Å². The molecule has 0 aromatic carbocycles. The second-order valence-electron chi connectivity index (χ2n) is 4.32. The Kier molecular flexibility index (Phi) is 2.74. The Hall–Kier alpha value is -0.610. The van der Waals surface area contributed by atoms with E-state index in [1.807, 2.05) is 11.9 Å². The van der Waals surface area contributed by atoms with Crippen LogP contribution in [0.25, 0.3) is 0 Å². The van der Waals surface area contributed by atoms with Crippen molar-refractivity contribution in [3.05, 3.63) is 0 Å². The Morgan fingerprint density at radius 1 is 1.50 bits per heavy atom. The number of nitrogens with two attached hydrogens (primary N) is 1. The van der Waals surface area contributed by atoms with Crippen LogP contribution in [-0.2, 0) is 4.79 Å². The van der Waals surface area contributed by atoms with Crippen molar-refractivity contribution < 1.29 is 4.79 Å². The summed E-state index contributed by atoms with van der Waals surface area (Å²) >= 11 is 0. The number of amides is 1. The van der Waals surface area contributed by atoms with Gasteiger partial charge in [0.1, 0.15) is 0 Å². The van der Waals surface area contributed by atoms with E-state index in [2.05, 4.69) is 4.90 Å². The van der Waals surface area contributed by atoms with Crippen molar-refractivity contribution in [3.8, 4) is 0 Å². The molecule has 1 aliphatic carbocycles. The van der Waals surface area contributed by atoms with Crippen LogP contribution in [0.5, 0.6) is 0 Å². The van der Waals surface area contributed by atoms with E-state index < -0.39 is 0 Å². The molecular weight excluding hydrogens is 178 g/mol. The molecule has 0 aromatic rings. The number of rotatable bonds is 4. The third-order valence-electron chi connectivity index (χ3n) is 3.20. The first kappa shape index (κ1) is 9.93. The highest BCUT2D eigenvalue weighted by Gasteiger charge is 2.40. The van der Waals surface area contributed by atoms with E-state index in [-0.39, 0.29) is 11.9 Å². The molecule has 0 aromatic heterocycles. The highest BCUT2D eigenvalue weighted by molar-refractivity contribution is 5.83. The summed E-state index contributed by atoms with van der Waals surface area (Å²) in [4.78, 5) is 15.9. The molecule has 2 aliphatic rings. The summed E-state index contributed by atoms with van der Waals surface area (Å²) < 4.78 is 0. The van der Waals surface area contributed by atoms with Gasteiger partial charge in [-0.3, -0.25) is 9.69 Å². The van der Waals surface area contributed by atoms with Gasteiger partial charge in [-0.25, -0.2) is 0 Å². The lowest BCUT2D eigenvalue weighted by Gasteiger charge is -2.26. The number of hydrogen-bond acceptors (Lipinski definition) is 3. The number of likely N-dealkylation sites (tertiary alicyclic amines) is 1. The highest BCUT2D eigenvalue weighted by atomic mass is 16.2. The van der Waals surface area contributed by atoms with Gasteiger partial charge in [0.05, 0.1) is 6.04 Å². The molecule has 4 heteroatoms. The van der Waals surface area contributed by atoms with Crippen molar-refractivity contribution in [1.82, 2.24) is 9.80 Å². The van der Waals surface area contributed by atoms with Gasteiger partial charge in [0.2, 0.25) is 5.91 Å². The number of nitrogens with zero attached hydrogens (tertiary/aromatic N) is 2. The van der Waals surface area contributed by atoms with Gasteiger partial charge in [0, 0.05) is 32.7 Å². The average Bonchev–Trinajstić information content (AvgIpc) is 2.94. The fourth-order valence-corrected chi connectivity index (χ4v) is 2.26. The van der Waals surface area contributed by atoms with Crippen molar-refractivity contribution in [2.45, 2.75) is 31.3 Å². The topological polar surface area (TPSA) is 49.6 Å². The van der Waals surface area contributed by atoms with E-state index in [1.165, 1.54) is 12.8 Å². The number of carbonyl (C=O) groups excluding carboxylic acids is 1. The minimum atomic E-state index is 0.121. The molecule has 1 heterocycles. The third kappa shape index (κ3) is 1.77. The molecule has 1 aliphatic heterocycles. The minimum Gasteiger partial charge on any atom is -0.344 e. The van der Waals surface area contributed by atoms with Gasteiger partial charge in [0.25, 0.3) is 0 Å². The van der Waals surface area contributed by atoms with E-state index in [0.717, 1.165) is 19.5 Å². The molecule has 1 amide bonds. The van der Waals surface area contributed by atoms with Crippen LogP contribution in [0.15, 0.2) is 0 Å². The number of carbonyl (C=O) groups is 1. The molecular formula is C10H19N3O. The summed E-state index contributed by atoms with van der Waals surface area (Å²) in [5.74, 6) is 0.283. The normalized spacial score (nSPS) is 27.8. The van der Waals surface area contributed by atoms with E-state index >= 15 is 0 Å². The van der Waals surface area contributed by atoms with Crippen molar-refractivity contribution >= 4 is 5.91 Å². The molecule has 0 bridgehead atoms. The van der Waals surface area contributed by atoms with Gasteiger partial charge in [-0.15, -0.1) is 0 Å². The van der Waals surface area contributed by atoms with Crippen molar-refractivity contribution in [2.75, 3.05) is 26.7 Å². The van der Waals surface area contributed by atoms with E-state index in [1.54, 1.807) is 0 Å². The van der Waals surface area contributed by atoms with Gasteiger partial charge < -0.3 is 10.6 Å². The molecule has 1 atom stereocenters. The van der Waals surface area contributed by atoms with Crippen molar-refractivity contribution in [3.63, 3.8) is 0 Å². The Morgan fingerprint density at radius 2 is 2.21 bits per heavy atom. The molecule has 2 rings (SSSR count). The monoisotopic (exact) mass is 197 g/mol. The standard InChI is InChI=1S/C10H19N3O/c1-12-6-4-9(10(12)14)13(7-5-11)8-2-3-8/h8-9H,2-7,11H2,1H3. The smallest absolute Gasteiger partial charge is 0.239 e. The summed E-state index contributed by atoms with van der Waals surface area (Å²) in [5.41, 5.74) is 5.58. The second-order valence-corrected chi connectivity index (χ2v) is 4.32. The summed E-state index contributed by atoms with van der Waals surface area (Å²) in [7, 11) is 1.88. The molecule has 0 radical (unpaired) electrons. The lowest BCUT2D eigenvalue weighted by molar-refractivity contribution is -0.131. The van der Waals surface area contributed by atoms with Gasteiger partial charge in [-0.2, -0.15) is 0 Å². The van der Waals surface area contributed by atoms with Crippen LogP contribution in [0.3, 0.4) is 0 Å². The fraction of sp³-hybridized carbons (Fsp3) is 0.900. The van der Waals surface area contributed by atoms with Crippen LogP contribution in [-0.4, -0.2) is 54.5 Å². The zero-order valence-electron chi connectivity index (χ0n) is 8.78. The van der Waals surface area contributed by atoms with Crippen LogP contribution in [0.1, 0.15) is 19.3 Å². The predicted octanol–water partition coefficient (Wildman–Crippen LogP) is -0.360. The Bertz CT molecular complexity index is 227. The minimum absolute atomic E-state index is 0.121. The molecule has 80 valence electrons. The van der Waals surface area contributed by atoms with Crippen LogP contribution in [0, 0.1) is 0 Å². The summed E-state index contributed by atoms with van der Waals surface area (Å²) in [6, 6.07) is 0.759. The predicted molar refractivity (Wildman–Crippen MR) is 54.8 cm³/mol. The maximum absolute atomic E-state index is 11.8. The van der Waals surface area contributed by atoms with Crippen molar-refractivity contribution in [1.29, 1.82) is 0 Å². The average molecular weight is 197 g/mol. The molecule has 0 spiro atoms. The van der Waals surface area contributed by atoms with Gasteiger partial charge in [-0.1, -0.05) is 0 Å². The van der Waals surface area contributed by atoms with Gasteiger partial charge in [-0.05, 0) is 19.3 Å². The fourth-order valence-electron chi connectivity index (χ4n) is 2.26. The molecule has 1 saturated heterocycles. The summed E-state index contributed by atoms with van der Waals surface area (Å²) in [6.07, 6.45) is 3.47. The van der Waals surface area contributed by atoms with E-state index in [9.17, 15) is 4.79 Å². The highest BCUT2D eigenvalue weighted by Crippen LogP contribution is 2.31. The second kappa shape index (κ2) is 3.87. The number of hydrogen-bond donors (Lipinski definition) is 1. The van der Waals surface area contributed by atoms with Crippen LogP contribution < -0.4 is 5.73 Å². The maximum Gasteiger partial charge on any atom is 0.239 e. The lowest BCUT2D eigenvalue weighted by atomic mass is 10.2. The first-order chi connectivity index (χ1) is 6.74. The van der Waals surface area contributed by atoms with Gasteiger partial charge in [0.15, 0.2) is 0 Å². The first-order valence-corrected chi connectivity index (χ1v) is 5.45.